The number of esters is 1. The summed E-state index contributed by atoms with van der Waals surface area (Å²) in [6.45, 7) is 12.1. The van der Waals surface area contributed by atoms with Gasteiger partial charge in [-0.1, -0.05) is 12.8 Å². The zero-order valence-electron chi connectivity index (χ0n) is 16.4. The number of nitrogens with one attached hydrogen (secondary N) is 2. The Hall–Kier alpha value is -1.30. The molecule has 0 saturated carbocycles. The van der Waals surface area contributed by atoms with Crippen molar-refractivity contribution in [3.63, 3.8) is 0 Å². The van der Waals surface area contributed by atoms with Crippen molar-refractivity contribution in [1.29, 1.82) is 0 Å². The van der Waals surface area contributed by atoms with Gasteiger partial charge in [-0.2, -0.15) is 0 Å². The van der Waals surface area contributed by atoms with E-state index in [0.29, 0.717) is 13.0 Å². The zero-order chi connectivity index (χ0) is 18.4. The standard InChI is InChI=1S/C18H37N3O3/c1-7-19-17(21-15(2)14-23-6)20-13-11-9-8-10-12-16(22)24-18(3,4)5/h15H,7-14H2,1-6H3,(H2,19,20,21). The van der Waals surface area contributed by atoms with Crippen LogP contribution in [0.4, 0.5) is 0 Å². The van der Waals surface area contributed by atoms with Gasteiger partial charge in [-0.25, -0.2) is 0 Å². The van der Waals surface area contributed by atoms with Gasteiger partial charge < -0.3 is 20.1 Å². The number of hydrogen-bond acceptors (Lipinski definition) is 4. The third-order valence-electron chi connectivity index (χ3n) is 3.12. The molecule has 0 rings (SSSR count). The summed E-state index contributed by atoms with van der Waals surface area (Å²) in [4.78, 5) is 16.2. The van der Waals surface area contributed by atoms with E-state index in [-0.39, 0.29) is 17.6 Å². The van der Waals surface area contributed by atoms with Crippen molar-refractivity contribution in [2.75, 3.05) is 26.8 Å². The summed E-state index contributed by atoms with van der Waals surface area (Å²) < 4.78 is 10.4. The molecule has 0 aromatic rings. The molecule has 0 spiro atoms. The normalized spacial score (nSPS) is 13.5. The summed E-state index contributed by atoms with van der Waals surface area (Å²) in [6, 6.07) is 0.224. The molecule has 24 heavy (non-hydrogen) atoms. The number of unbranched alkanes of at least 4 members (excludes halogenated alkanes) is 3. The number of methoxy groups -OCH3 is 1. The second kappa shape index (κ2) is 13.0. The van der Waals surface area contributed by atoms with Crippen molar-refractivity contribution in [2.45, 2.75) is 78.4 Å². The van der Waals surface area contributed by atoms with E-state index in [0.717, 1.165) is 44.7 Å². The Morgan fingerprint density at radius 3 is 2.42 bits per heavy atom. The van der Waals surface area contributed by atoms with Gasteiger partial charge in [-0.15, -0.1) is 0 Å². The van der Waals surface area contributed by atoms with Gasteiger partial charge in [0.05, 0.1) is 6.61 Å². The SMILES string of the molecule is CCNC(=NCCCCCCC(=O)OC(C)(C)C)NC(C)COC. The van der Waals surface area contributed by atoms with Crippen LogP contribution in [0.25, 0.3) is 0 Å². The van der Waals surface area contributed by atoms with Gasteiger partial charge in [0.25, 0.3) is 0 Å². The molecule has 142 valence electrons. The Labute approximate surface area is 147 Å². The Bertz CT molecular complexity index is 365. The van der Waals surface area contributed by atoms with Crippen LogP contribution in [0.5, 0.6) is 0 Å². The maximum atomic E-state index is 11.6. The summed E-state index contributed by atoms with van der Waals surface area (Å²) in [5, 5.41) is 6.54. The number of aliphatic imine (C=N–C) groups is 1. The van der Waals surface area contributed by atoms with E-state index < -0.39 is 0 Å². The first-order valence-electron chi connectivity index (χ1n) is 9.04. The number of ether oxygens (including phenoxy) is 2. The Balaban J connectivity index is 3.85. The first-order chi connectivity index (χ1) is 11.3. The van der Waals surface area contributed by atoms with Crippen LogP contribution in [-0.4, -0.2) is 50.4 Å². The average Bonchev–Trinajstić information content (AvgIpc) is 2.44. The summed E-state index contributed by atoms with van der Waals surface area (Å²) in [7, 11) is 1.69. The molecule has 0 aliphatic carbocycles. The molecule has 2 N–H and O–H groups in total. The molecule has 0 fully saturated rings. The van der Waals surface area contributed by atoms with Crippen molar-refractivity contribution >= 4 is 11.9 Å². The summed E-state index contributed by atoms with van der Waals surface area (Å²) in [6.07, 6.45) is 4.49. The van der Waals surface area contributed by atoms with E-state index >= 15 is 0 Å². The predicted molar refractivity (Wildman–Crippen MR) is 99.4 cm³/mol. The molecule has 1 unspecified atom stereocenters. The van der Waals surface area contributed by atoms with Crippen LogP contribution in [0, 0.1) is 0 Å². The number of rotatable bonds is 11. The van der Waals surface area contributed by atoms with Crippen LogP contribution in [-0.2, 0) is 14.3 Å². The molecular weight excluding hydrogens is 306 g/mol. The van der Waals surface area contributed by atoms with E-state index in [2.05, 4.69) is 29.5 Å². The second-order valence-corrected chi connectivity index (χ2v) is 7.01. The van der Waals surface area contributed by atoms with Crippen LogP contribution < -0.4 is 10.6 Å². The third kappa shape index (κ3) is 14.3. The van der Waals surface area contributed by atoms with Crippen LogP contribution in [0.2, 0.25) is 0 Å². The Morgan fingerprint density at radius 1 is 1.17 bits per heavy atom. The van der Waals surface area contributed by atoms with Gasteiger partial charge in [-0.05, 0) is 47.5 Å². The fourth-order valence-corrected chi connectivity index (χ4v) is 2.16. The van der Waals surface area contributed by atoms with Crippen molar-refractivity contribution in [3.8, 4) is 0 Å². The number of guanidine groups is 1. The third-order valence-corrected chi connectivity index (χ3v) is 3.12. The van der Waals surface area contributed by atoms with Crippen molar-refractivity contribution in [1.82, 2.24) is 10.6 Å². The fourth-order valence-electron chi connectivity index (χ4n) is 2.16. The monoisotopic (exact) mass is 343 g/mol. The van der Waals surface area contributed by atoms with Gasteiger partial charge in [0.15, 0.2) is 5.96 Å². The highest BCUT2D eigenvalue weighted by molar-refractivity contribution is 5.80. The number of carbonyl (C=O) groups is 1. The van der Waals surface area contributed by atoms with Crippen molar-refractivity contribution < 1.29 is 14.3 Å². The van der Waals surface area contributed by atoms with Crippen LogP contribution in [0.1, 0.15) is 66.7 Å². The lowest BCUT2D eigenvalue weighted by Crippen LogP contribution is -2.44. The van der Waals surface area contributed by atoms with E-state index in [1.165, 1.54) is 0 Å². The molecule has 0 heterocycles. The lowest BCUT2D eigenvalue weighted by Gasteiger charge is -2.19. The number of carbonyl (C=O) groups excluding carboxylic acids is 1. The maximum Gasteiger partial charge on any atom is 0.306 e. The van der Waals surface area contributed by atoms with Gasteiger partial charge in [0.2, 0.25) is 0 Å². The van der Waals surface area contributed by atoms with Gasteiger partial charge in [0, 0.05) is 32.7 Å². The van der Waals surface area contributed by atoms with Crippen molar-refractivity contribution in [2.24, 2.45) is 4.99 Å². The molecule has 0 aliphatic rings. The minimum absolute atomic E-state index is 0.105. The highest BCUT2D eigenvalue weighted by atomic mass is 16.6. The molecule has 0 aromatic heterocycles. The number of nitrogens with zero attached hydrogens (tertiary/aromatic N) is 1. The minimum atomic E-state index is -0.387. The highest BCUT2D eigenvalue weighted by Crippen LogP contribution is 2.11. The lowest BCUT2D eigenvalue weighted by molar-refractivity contribution is -0.154. The maximum absolute atomic E-state index is 11.6. The average molecular weight is 344 g/mol. The Kier molecular flexibility index (Phi) is 12.3. The van der Waals surface area contributed by atoms with E-state index in [4.69, 9.17) is 9.47 Å². The van der Waals surface area contributed by atoms with Gasteiger partial charge in [0.1, 0.15) is 5.60 Å². The topological polar surface area (TPSA) is 72.0 Å². The predicted octanol–water partition coefficient (Wildman–Crippen LogP) is 2.87. The minimum Gasteiger partial charge on any atom is -0.460 e. The van der Waals surface area contributed by atoms with Crippen LogP contribution in [0.3, 0.4) is 0 Å². The first-order valence-corrected chi connectivity index (χ1v) is 9.04. The second-order valence-electron chi connectivity index (χ2n) is 7.01. The van der Waals surface area contributed by atoms with E-state index in [9.17, 15) is 4.79 Å². The summed E-state index contributed by atoms with van der Waals surface area (Å²) >= 11 is 0. The zero-order valence-corrected chi connectivity index (χ0v) is 16.4. The molecular formula is C18H37N3O3. The van der Waals surface area contributed by atoms with Gasteiger partial charge in [-0.3, -0.25) is 9.79 Å². The molecule has 0 bridgehead atoms. The summed E-state index contributed by atoms with van der Waals surface area (Å²) in [5.41, 5.74) is -0.387. The van der Waals surface area contributed by atoms with Crippen molar-refractivity contribution in [3.05, 3.63) is 0 Å². The Morgan fingerprint density at radius 2 is 1.83 bits per heavy atom. The van der Waals surface area contributed by atoms with Crippen LogP contribution >= 0.6 is 0 Å². The first kappa shape index (κ1) is 22.7. The van der Waals surface area contributed by atoms with E-state index in [1.807, 2.05) is 20.8 Å². The molecule has 0 aliphatic heterocycles. The fraction of sp³-hybridized carbons (Fsp3) is 0.889. The number of hydrogen-bond donors (Lipinski definition) is 2. The van der Waals surface area contributed by atoms with Crippen LogP contribution in [0.15, 0.2) is 4.99 Å². The highest BCUT2D eigenvalue weighted by Gasteiger charge is 2.15. The molecule has 0 saturated heterocycles. The molecule has 6 nitrogen and oxygen atoms in total. The quantitative estimate of drug-likeness (QED) is 0.261. The molecule has 1 atom stereocenters. The van der Waals surface area contributed by atoms with Gasteiger partial charge >= 0.3 is 5.97 Å². The molecule has 0 radical (unpaired) electrons. The van der Waals surface area contributed by atoms with E-state index in [1.54, 1.807) is 7.11 Å². The smallest absolute Gasteiger partial charge is 0.306 e. The molecule has 0 amide bonds. The summed E-state index contributed by atoms with van der Waals surface area (Å²) in [5.74, 6) is 0.724. The molecule has 0 aromatic carbocycles. The molecule has 6 heteroatoms. The lowest BCUT2D eigenvalue weighted by atomic mass is 10.1. The largest absolute Gasteiger partial charge is 0.460 e.